The van der Waals surface area contributed by atoms with Crippen LogP contribution in [0.4, 0.5) is 10.5 Å². The molecular weight excluding hydrogens is 278 g/mol. The van der Waals surface area contributed by atoms with Gasteiger partial charge in [-0.2, -0.15) is 0 Å². The van der Waals surface area contributed by atoms with Crippen LogP contribution < -0.4 is 10.2 Å². The molecule has 0 unspecified atom stereocenters. The maximum Gasteiger partial charge on any atom is 0.317 e. The quantitative estimate of drug-likeness (QED) is 0.910. The molecule has 2 saturated heterocycles. The van der Waals surface area contributed by atoms with Gasteiger partial charge in [0.2, 0.25) is 5.91 Å². The summed E-state index contributed by atoms with van der Waals surface area (Å²) >= 11 is 0. The highest BCUT2D eigenvalue weighted by Crippen LogP contribution is 2.24. The van der Waals surface area contributed by atoms with Crippen molar-refractivity contribution in [2.75, 3.05) is 24.5 Å². The van der Waals surface area contributed by atoms with Crippen molar-refractivity contribution in [2.24, 2.45) is 0 Å². The van der Waals surface area contributed by atoms with Gasteiger partial charge < -0.3 is 15.1 Å². The molecule has 0 aromatic heterocycles. The van der Waals surface area contributed by atoms with Gasteiger partial charge in [-0.25, -0.2) is 4.79 Å². The van der Waals surface area contributed by atoms with Crippen molar-refractivity contribution in [3.63, 3.8) is 0 Å². The Morgan fingerprint density at radius 3 is 2.59 bits per heavy atom. The molecule has 0 aliphatic carbocycles. The van der Waals surface area contributed by atoms with Crippen LogP contribution in [0.25, 0.3) is 0 Å². The van der Waals surface area contributed by atoms with Crippen LogP contribution in [0, 0.1) is 13.8 Å². The van der Waals surface area contributed by atoms with E-state index < -0.39 is 0 Å². The number of carbonyl (C=O) groups is 2. The zero-order chi connectivity index (χ0) is 15.7. The van der Waals surface area contributed by atoms with Gasteiger partial charge in [-0.05, 0) is 49.9 Å². The van der Waals surface area contributed by atoms with Gasteiger partial charge in [-0.15, -0.1) is 0 Å². The number of aryl methyl sites for hydroxylation is 2. The standard InChI is InChI=1S/C17H23N3O2/c1-12-5-6-15(9-13(12)2)20-11-14(10-16(20)21)18-17(22)19-7-3-4-8-19/h5-6,9,14H,3-4,7-8,10-11H2,1-2H3,(H,18,22)/t14-/m1/s1. The molecule has 2 aliphatic heterocycles. The smallest absolute Gasteiger partial charge is 0.317 e. The number of nitrogens with zero attached hydrogens (tertiary/aromatic N) is 2. The molecule has 5 heteroatoms. The number of nitrogens with one attached hydrogen (secondary N) is 1. The fourth-order valence-electron chi connectivity index (χ4n) is 3.13. The van der Waals surface area contributed by atoms with Gasteiger partial charge in [0.15, 0.2) is 0 Å². The lowest BCUT2D eigenvalue weighted by Gasteiger charge is -2.21. The predicted octanol–water partition coefficient (Wildman–Crippen LogP) is 2.21. The first-order valence-electron chi connectivity index (χ1n) is 7.97. The van der Waals surface area contributed by atoms with Gasteiger partial charge in [0.25, 0.3) is 0 Å². The average molecular weight is 301 g/mol. The summed E-state index contributed by atoms with van der Waals surface area (Å²) in [6.07, 6.45) is 2.53. The maximum absolute atomic E-state index is 12.2. The second kappa shape index (κ2) is 5.99. The highest BCUT2D eigenvalue weighted by atomic mass is 16.2. The monoisotopic (exact) mass is 301 g/mol. The van der Waals surface area contributed by atoms with Crippen LogP contribution in [0.2, 0.25) is 0 Å². The highest BCUT2D eigenvalue weighted by Gasteiger charge is 2.32. The third-order valence-electron chi connectivity index (χ3n) is 4.65. The lowest BCUT2D eigenvalue weighted by atomic mass is 10.1. The number of likely N-dealkylation sites (tertiary alicyclic amines) is 1. The van der Waals surface area contributed by atoms with Gasteiger partial charge in [-0.1, -0.05) is 6.07 Å². The van der Waals surface area contributed by atoms with Crippen LogP contribution in [0.3, 0.4) is 0 Å². The fourth-order valence-corrected chi connectivity index (χ4v) is 3.13. The summed E-state index contributed by atoms with van der Waals surface area (Å²) in [5.74, 6) is 0.0787. The first-order valence-corrected chi connectivity index (χ1v) is 7.97. The van der Waals surface area contributed by atoms with E-state index in [1.54, 1.807) is 4.90 Å². The third-order valence-corrected chi connectivity index (χ3v) is 4.65. The number of anilines is 1. The number of hydrogen-bond acceptors (Lipinski definition) is 2. The van der Waals surface area contributed by atoms with E-state index in [9.17, 15) is 9.59 Å². The first kappa shape index (κ1) is 14.9. The molecule has 1 N–H and O–H groups in total. The van der Waals surface area contributed by atoms with Gasteiger partial charge in [-0.3, -0.25) is 4.79 Å². The van der Waals surface area contributed by atoms with Crippen molar-refractivity contribution in [2.45, 2.75) is 39.2 Å². The summed E-state index contributed by atoms with van der Waals surface area (Å²) in [7, 11) is 0. The van der Waals surface area contributed by atoms with Crippen LogP contribution in [0.15, 0.2) is 18.2 Å². The molecule has 0 saturated carbocycles. The Hall–Kier alpha value is -2.04. The molecule has 2 fully saturated rings. The summed E-state index contributed by atoms with van der Waals surface area (Å²) in [5, 5.41) is 3.00. The third kappa shape index (κ3) is 2.93. The Morgan fingerprint density at radius 2 is 1.91 bits per heavy atom. The number of urea groups is 1. The maximum atomic E-state index is 12.2. The van der Waals surface area contributed by atoms with Crippen molar-refractivity contribution in [1.29, 1.82) is 0 Å². The molecule has 118 valence electrons. The zero-order valence-corrected chi connectivity index (χ0v) is 13.3. The molecule has 0 bridgehead atoms. The number of benzene rings is 1. The minimum Gasteiger partial charge on any atom is -0.333 e. The number of hydrogen-bond donors (Lipinski definition) is 1. The molecule has 1 atom stereocenters. The van der Waals surface area contributed by atoms with Crippen LogP contribution >= 0.6 is 0 Å². The Kier molecular flexibility index (Phi) is 4.05. The fraction of sp³-hybridized carbons (Fsp3) is 0.529. The van der Waals surface area contributed by atoms with E-state index >= 15 is 0 Å². The first-order chi connectivity index (χ1) is 10.5. The normalized spacial score (nSPS) is 21.5. The van der Waals surface area contributed by atoms with Gasteiger partial charge in [0, 0.05) is 31.7 Å². The van der Waals surface area contributed by atoms with Gasteiger partial charge in [0.05, 0.1) is 6.04 Å². The van der Waals surface area contributed by atoms with Crippen molar-refractivity contribution < 1.29 is 9.59 Å². The molecule has 0 radical (unpaired) electrons. The van der Waals surface area contributed by atoms with E-state index in [0.717, 1.165) is 31.6 Å². The van der Waals surface area contributed by atoms with E-state index in [1.165, 1.54) is 11.1 Å². The lowest BCUT2D eigenvalue weighted by Crippen LogP contribution is -2.44. The van der Waals surface area contributed by atoms with Crippen molar-refractivity contribution in [3.8, 4) is 0 Å². The van der Waals surface area contributed by atoms with Crippen LogP contribution in [0.5, 0.6) is 0 Å². The molecule has 5 nitrogen and oxygen atoms in total. The van der Waals surface area contributed by atoms with Crippen LogP contribution in [0.1, 0.15) is 30.4 Å². The van der Waals surface area contributed by atoms with Crippen molar-refractivity contribution >= 4 is 17.6 Å². The summed E-state index contributed by atoms with van der Waals surface area (Å²) in [6, 6.07) is 5.93. The molecule has 3 amide bonds. The minimum absolute atomic E-state index is 0.0303. The zero-order valence-electron chi connectivity index (χ0n) is 13.3. The molecule has 1 aromatic carbocycles. The van der Waals surface area contributed by atoms with Crippen molar-refractivity contribution in [1.82, 2.24) is 10.2 Å². The Bertz CT molecular complexity index is 594. The van der Waals surface area contributed by atoms with E-state index in [1.807, 2.05) is 30.0 Å². The summed E-state index contributed by atoms with van der Waals surface area (Å²) in [5.41, 5.74) is 3.31. The van der Waals surface area contributed by atoms with Gasteiger partial charge >= 0.3 is 6.03 Å². The summed E-state index contributed by atoms with van der Waals surface area (Å²) in [6.45, 7) is 6.32. The van der Waals surface area contributed by atoms with E-state index in [4.69, 9.17) is 0 Å². The minimum atomic E-state index is -0.0952. The van der Waals surface area contributed by atoms with E-state index in [2.05, 4.69) is 12.2 Å². The van der Waals surface area contributed by atoms with Crippen LogP contribution in [-0.2, 0) is 4.79 Å². The molecule has 3 rings (SSSR count). The Balaban J connectivity index is 1.65. The predicted molar refractivity (Wildman–Crippen MR) is 86.0 cm³/mol. The largest absolute Gasteiger partial charge is 0.333 e. The lowest BCUT2D eigenvalue weighted by molar-refractivity contribution is -0.117. The highest BCUT2D eigenvalue weighted by molar-refractivity contribution is 5.96. The Labute approximate surface area is 131 Å². The molecule has 1 aromatic rings. The number of amides is 3. The average Bonchev–Trinajstić information content (AvgIpc) is 3.12. The van der Waals surface area contributed by atoms with E-state index in [0.29, 0.717) is 13.0 Å². The second-order valence-electron chi connectivity index (χ2n) is 6.32. The molecular formula is C17H23N3O2. The van der Waals surface area contributed by atoms with Crippen molar-refractivity contribution in [3.05, 3.63) is 29.3 Å². The molecule has 0 spiro atoms. The van der Waals surface area contributed by atoms with E-state index in [-0.39, 0.29) is 18.0 Å². The summed E-state index contributed by atoms with van der Waals surface area (Å²) < 4.78 is 0. The Morgan fingerprint density at radius 1 is 1.18 bits per heavy atom. The second-order valence-corrected chi connectivity index (χ2v) is 6.32. The molecule has 22 heavy (non-hydrogen) atoms. The number of carbonyl (C=O) groups excluding carboxylic acids is 2. The van der Waals surface area contributed by atoms with Gasteiger partial charge in [0.1, 0.15) is 0 Å². The topological polar surface area (TPSA) is 52.7 Å². The molecule has 2 heterocycles. The van der Waals surface area contributed by atoms with Crippen LogP contribution in [-0.4, -0.2) is 42.5 Å². The summed E-state index contributed by atoms with van der Waals surface area (Å²) in [4.78, 5) is 28.0. The SMILES string of the molecule is Cc1ccc(N2C[C@H](NC(=O)N3CCCC3)CC2=O)cc1C. The molecule has 2 aliphatic rings. The number of rotatable bonds is 2.